The molecule has 0 heterocycles. The lowest BCUT2D eigenvalue weighted by Gasteiger charge is -2.11. The number of hydrogen-bond donors (Lipinski definition) is 4. The van der Waals surface area contributed by atoms with Crippen LogP contribution in [0.2, 0.25) is 0 Å². The number of nitro groups is 1. The first-order valence-corrected chi connectivity index (χ1v) is 4.63. The van der Waals surface area contributed by atoms with Gasteiger partial charge in [0, 0.05) is 12.1 Å². The molecule has 6 N–H and O–H groups in total. The molecular weight excluding hydrogens is 250 g/mol. The molecule has 1 atom stereocenters. The number of nitrogens with zero attached hydrogens (tertiary/aromatic N) is 1. The van der Waals surface area contributed by atoms with E-state index in [4.69, 9.17) is 11.5 Å². The first-order valence-electron chi connectivity index (χ1n) is 4.63. The van der Waals surface area contributed by atoms with Crippen molar-refractivity contribution in [3.05, 3.63) is 27.8 Å². The predicted octanol–water partition coefficient (Wildman–Crippen LogP) is 0.776. The van der Waals surface area contributed by atoms with Crippen LogP contribution >= 0.6 is 12.4 Å². The Labute approximate surface area is 104 Å². The molecule has 0 saturated heterocycles. The fraction of sp³-hybridized carbons (Fsp3) is 0.333. The van der Waals surface area contributed by atoms with Gasteiger partial charge in [0.15, 0.2) is 5.75 Å². The molecule has 0 aliphatic rings. The molecule has 96 valence electrons. The van der Waals surface area contributed by atoms with Crippen LogP contribution in [-0.4, -0.2) is 21.7 Å². The summed E-state index contributed by atoms with van der Waals surface area (Å²) in [6.45, 7) is 0.330. The summed E-state index contributed by atoms with van der Waals surface area (Å²) in [6.07, 6.45) is 0.432. The molecule has 1 aromatic rings. The van der Waals surface area contributed by atoms with Gasteiger partial charge < -0.3 is 21.7 Å². The molecule has 0 aliphatic heterocycles. The third kappa shape index (κ3) is 3.45. The zero-order valence-electron chi connectivity index (χ0n) is 8.87. The van der Waals surface area contributed by atoms with Crippen LogP contribution in [0.1, 0.15) is 18.0 Å². The maximum Gasteiger partial charge on any atom is 0.314 e. The van der Waals surface area contributed by atoms with Gasteiger partial charge in [0.25, 0.3) is 0 Å². The molecule has 0 aromatic heterocycles. The second-order valence-corrected chi connectivity index (χ2v) is 3.35. The smallest absolute Gasteiger partial charge is 0.314 e. The number of halogens is 1. The van der Waals surface area contributed by atoms with E-state index >= 15 is 0 Å². The Bertz CT molecular complexity index is 413. The molecule has 0 radical (unpaired) electrons. The number of phenolic OH excluding ortho intramolecular Hbond substituents is 2. The minimum Gasteiger partial charge on any atom is -0.504 e. The highest BCUT2D eigenvalue weighted by molar-refractivity contribution is 5.85. The second kappa shape index (κ2) is 6.24. The van der Waals surface area contributed by atoms with Crippen LogP contribution in [0.3, 0.4) is 0 Å². The molecule has 8 heteroatoms. The van der Waals surface area contributed by atoms with Crippen LogP contribution in [0.15, 0.2) is 12.1 Å². The summed E-state index contributed by atoms with van der Waals surface area (Å²) in [7, 11) is 0. The fourth-order valence-electron chi connectivity index (χ4n) is 1.32. The summed E-state index contributed by atoms with van der Waals surface area (Å²) in [5, 5.41) is 29.1. The van der Waals surface area contributed by atoms with Gasteiger partial charge in [0.2, 0.25) is 5.75 Å². The van der Waals surface area contributed by atoms with Crippen LogP contribution < -0.4 is 11.5 Å². The normalized spacial score (nSPS) is 11.6. The van der Waals surface area contributed by atoms with Gasteiger partial charge in [-0.05, 0) is 24.6 Å². The Morgan fingerprint density at radius 2 is 2.00 bits per heavy atom. The van der Waals surface area contributed by atoms with E-state index in [1.54, 1.807) is 0 Å². The molecule has 7 nitrogen and oxygen atoms in total. The molecule has 0 amide bonds. The van der Waals surface area contributed by atoms with E-state index in [0.717, 1.165) is 6.07 Å². The average Bonchev–Trinajstić information content (AvgIpc) is 2.21. The van der Waals surface area contributed by atoms with E-state index in [-0.39, 0.29) is 12.4 Å². The summed E-state index contributed by atoms with van der Waals surface area (Å²) in [5.74, 6) is -1.31. The number of hydrogen-bond acceptors (Lipinski definition) is 6. The number of phenols is 2. The van der Waals surface area contributed by atoms with Crippen LogP contribution in [0.5, 0.6) is 11.5 Å². The number of rotatable bonds is 4. The molecule has 0 unspecified atom stereocenters. The van der Waals surface area contributed by atoms with E-state index in [2.05, 4.69) is 0 Å². The highest BCUT2D eigenvalue weighted by Gasteiger charge is 2.20. The Kier molecular flexibility index (Phi) is 5.66. The third-order valence-corrected chi connectivity index (χ3v) is 2.19. The Balaban J connectivity index is 0.00000256. The first kappa shape index (κ1) is 15.4. The minimum absolute atomic E-state index is 0. The lowest BCUT2D eigenvalue weighted by molar-refractivity contribution is -0.386. The quantitative estimate of drug-likeness (QED) is 0.360. The monoisotopic (exact) mass is 263 g/mol. The number of nitrogens with two attached hydrogens (primary N) is 2. The lowest BCUT2D eigenvalue weighted by atomic mass is 10.0. The molecular formula is C9H14ClN3O4. The summed E-state index contributed by atoms with van der Waals surface area (Å²) >= 11 is 0. The van der Waals surface area contributed by atoms with E-state index in [0.29, 0.717) is 18.5 Å². The minimum atomic E-state index is -0.784. The van der Waals surface area contributed by atoms with Crippen molar-refractivity contribution in [3.63, 3.8) is 0 Å². The van der Waals surface area contributed by atoms with Crippen molar-refractivity contribution in [1.82, 2.24) is 0 Å². The molecule has 0 spiro atoms. The third-order valence-electron chi connectivity index (χ3n) is 2.19. The maximum atomic E-state index is 10.6. The maximum absolute atomic E-state index is 10.6. The van der Waals surface area contributed by atoms with Gasteiger partial charge in [-0.1, -0.05) is 0 Å². The van der Waals surface area contributed by atoms with Gasteiger partial charge in [-0.2, -0.15) is 0 Å². The summed E-state index contributed by atoms with van der Waals surface area (Å²) in [6, 6.07) is 1.83. The van der Waals surface area contributed by atoms with Crippen LogP contribution in [-0.2, 0) is 0 Å². The Morgan fingerprint density at radius 3 is 2.47 bits per heavy atom. The fourth-order valence-corrected chi connectivity index (χ4v) is 1.32. The lowest BCUT2D eigenvalue weighted by Crippen LogP contribution is -2.15. The van der Waals surface area contributed by atoms with Crippen LogP contribution in [0.4, 0.5) is 5.69 Å². The molecule has 0 saturated carbocycles. The zero-order chi connectivity index (χ0) is 12.3. The van der Waals surface area contributed by atoms with Crippen molar-refractivity contribution < 1.29 is 15.1 Å². The highest BCUT2D eigenvalue weighted by Crippen LogP contribution is 2.37. The highest BCUT2D eigenvalue weighted by atomic mass is 35.5. The Hall–Kier alpha value is -1.57. The van der Waals surface area contributed by atoms with Gasteiger partial charge in [0.05, 0.1) is 4.92 Å². The standard InChI is InChI=1S/C9H13N3O4.ClH/c10-2-1-6(11)5-3-7(12(15)16)9(14)8(13)4-5;/h3-4,6,13-14H,1-2,10-11H2;1H/t6-;/m0./s1. The van der Waals surface area contributed by atoms with Gasteiger partial charge in [-0.3, -0.25) is 10.1 Å². The number of aromatic hydroxyl groups is 2. The van der Waals surface area contributed by atoms with Crippen molar-refractivity contribution in [2.24, 2.45) is 11.5 Å². The SMILES string of the molecule is Cl.NCC[C@H](N)c1cc(O)c(O)c([N+](=O)[O-])c1. The van der Waals surface area contributed by atoms with E-state index in [9.17, 15) is 20.3 Å². The predicted molar refractivity (Wildman–Crippen MR) is 64.3 cm³/mol. The summed E-state index contributed by atoms with van der Waals surface area (Å²) in [5.41, 5.74) is 10.8. The molecule has 0 fully saturated rings. The number of benzene rings is 1. The van der Waals surface area contributed by atoms with Crippen LogP contribution in [0, 0.1) is 10.1 Å². The van der Waals surface area contributed by atoms with Crippen molar-refractivity contribution in [3.8, 4) is 11.5 Å². The largest absolute Gasteiger partial charge is 0.504 e. The van der Waals surface area contributed by atoms with Gasteiger partial charge in [-0.15, -0.1) is 12.4 Å². The molecule has 0 bridgehead atoms. The van der Waals surface area contributed by atoms with Crippen molar-refractivity contribution >= 4 is 18.1 Å². The summed E-state index contributed by atoms with van der Waals surface area (Å²) in [4.78, 5) is 9.79. The number of nitro benzene ring substituents is 1. The zero-order valence-corrected chi connectivity index (χ0v) is 9.68. The molecule has 0 aliphatic carbocycles. The topological polar surface area (TPSA) is 136 Å². The van der Waals surface area contributed by atoms with Crippen molar-refractivity contribution in [2.75, 3.05) is 6.54 Å². The van der Waals surface area contributed by atoms with Crippen LogP contribution in [0.25, 0.3) is 0 Å². The van der Waals surface area contributed by atoms with Gasteiger partial charge >= 0.3 is 5.69 Å². The first-order chi connectivity index (χ1) is 7.47. The van der Waals surface area contributed by atoms with Gasteiger partial charge in [0.1, 0.15) is 0 Å². The molecule has 1 aromatic carbocycles. The molecule has 17 heavy (non-hydrogen) atoms. The molecule has 1 rings (SSSR count). The van der Waals surface area contributed by atoms with Gasteiger partial charge in [-0.25, -0.2) is 0 Å². The van der Waals surface area contributed by atoms with E-state index in [1.807, 2.05) is 0 Å². The second-order valence-electron chi connectivity index (χ2n) is 3.35. The van der Waals surface area contributed by atoms with Crippen molar-refractivity contribution in [2.45, 2.75) is 12.5 Å². The van der Waals surface area contributed by atoms with E-state index < -0.39 is 28.2 Å². The van der Waals surface area contributed by atoms with Crippen molar-refractivity contribution in [1.29, 1.82) is 0 Å². The van der Waals surface area contributed by atoms with E-state index in [1.165, 1.54) is 6.07 Å². The summed E-state index contributed by atoms with van der Waals surface area (Å²) < 4.78 is 0. The average molecular weight is 264 g/mol. The Morgan fingerprint density at radius 1 is 1.41 bits per heavy atom.